The van der Waals surface area contributed by atoms with E-state index in [0.29, 0.717) is 11.8 Å². The van der Waals surface area contributed by atoms with Crippen LogP contribution in [0.25, 0.3) is 12.2 Å². The molecule has 0 radical (unpaired) electrons. The molecule has 108 valence electrons. The third-order valence-electron chi connectivity index (χ3n) is 4.09. The quantitative estimate of drug-likeness (QED) is 0.647. The van der Waals surface area contributed by atoms with Crippen LogP contribution in [-0.4, -0.2) is 3.71 Å². The minimum absolute atomic E-state index is 0.442. The van der Waals surface area contributed by atoms with Crippen molar-refractivity contribution >= 4 is 15.9 Å². The molecule has 4 rings (SSSR count). The Kier molecular flexibility index (Phi) is 5.16. The second-order valence-corrected chi connectivity index (χ2v) is 6.93. The van der Waals surface area contributed by atoms with E-state index in [0.717, 1.165) is 0 Å². The Balaban J connectivity index is 0.000000446. The molecule has 2 atom stereocenters. The van der Waals surface area contributed by atoms with Crippen molar-refractivity contribution in [3.63, 3.8) is 0 Å². The zero-order valence-corrected chi connectivity index (χ0v) is 15.2. The van der Waals surface area contributed by atoms with Crippen LogP contribution >= 0.6 is 0 Å². The van der Waals surface area contributed by atoms with Crippen molar-refractivity contribution in [2.75, 3.05) is 0 Å². The van der Waals surface area contributed by atoms with E-state index >= 15 is 0 Å². The molecule has 0 N–H and O–H groups in total. The summed E-state index contributed by atoms with van der Waals surface area (Å²) < 4.78 is 2.09. The zero-order valence-electron chi connectivity index (χ0n) is 12.7. The third kappa shape index (κ3) is 3.20. The fourth-order valence-electron chi connectivity index (χ4n) is 3.11. The molecule has 2 aromatic rings. The Morgan fingerprint density at radius 1 is 0.818 bits per heavy atom. The van der Waals surface area contributed by atoms with Gasteiger partial charge in [-0.1, -0.05) is 71.8 Å². The van der Waals surface area contributed by atoms with E-state index in [1.807, 2.05) is 6.92 Å². The van der Waals surface area contributed by atoms with Gasteiger partial charge in [0.2, 0.25) is 0 Å². The maximum absolute atomic E-state index is 2.45. The van der Waals surface area contributed by atoms with E-state index in [1.54, 1.807) is 0 Å². The van der Waals surface area contributed by atoms with Crippen molar-refractivity contribution < 1.29 is 24.2 Å². The molecule has 0 spiro atoms. The average molecular weight is 363 g/mol. The van der Waals surface area contributed by atoms with Crippen LogP contribution in [0.5, 0.6) is 0 Å². The molecular formula is C21H19Zr-. The van der Waals surface area contributed by atoms with Gasteiger partial charge in [0, 0.05) is 0 Å². The SMILES string of the molecule is C1=CC([CH-]C2C=Cc3ccccc32)c2ccccc21.C[CH]=[Zr]. The van der Waals surface area contributed by atoms with Crippen LogP contribution < -0.4 is 0 Å². The van der Waals surface area contributed by atoms with Gasteiger partial charge in [0.1, 0.15) is 0 Å². The third-order valence-corrected chi connectivity index (χ3v) is 4.09. The maximum atomic E-state index is 2.45. The van der Waals surface area contributed by atoms with E-state index < -0.39 is 0 Å². The summed E-state index contributed by atoms with van der Waals surface area (Å²) in [6.07, 6.45) is 11.5. The van der Waals surface area contributed by atoms with Crippen LogP contribution in [0.3, 0.4) is 0 Å². The topological polar surface area (TPSA) is 0 Å². The van der Waals surface area contributed by atoms with E-state index in [2.05, 4.69) is 83.0 Å². The van der Waals surface area contributed by atoms with Gasteiger partial charge in [-0.25, -0.2) is 0 Å². The van der Waals surface area contributed by atoms with Crippen molar-refractivity contribution in [2.45, 2.75) is 18.8 Å². The first-order valence-corrected chi connectivity index (χ1v) is 9.09. The molecule has 2 aliphatic rings. The molecule has 0 fully saturated rings. The van der Waals surface area contributed by atoms with Crippen molar-refractivity contribution in [1.29, 1.82) is 0 Å². The second kappa shape index (κ2) is 7.29. The van der Waals surface area contributed by atoms with Gasteiger partial charge in [0.15, 0.2) is 0 Å². The van der Waals surface area contributed by atoms with Crippen LogP contribution in [0.4, 0.5) is 0 Å². The fourth-order valence-corrected chi connectivity index (χ4v) is 3.11. The minimum atomic E-state index is 0.442. The molecule has 0 saturated heterocycles. The molecule has 0 aromatic heterocycles. The number of hydrogen-bond donors (Lipinski definition) is 0. The van der Waals surface area contributed by atoms with E-state index in [1.165, 1.54) is 46.5 Å². The number of benzene rings is 2. The van der Waals surface area contributed by atoms with Crippen molar-refractivity contribution in [1.82, 2.24) is 0 Å². The Labute approximate surface area is 147 Å². The molecule has 1 heteroatoms. The van der Waals surface area contributed by atoms with Gasteiger partial charge in [0.05, 0.1) is 0 Å². The van der Waals surface area contributed by atoms with Crippen LogP contribution in [0, 0.1) is 6.42 Å². The number of allylic oxidation sites excluding steroid dienone is 2. The molecule has 0 aliphatic heterocycles. The van der Waals surface area contributed by atoms with Gasteiger partial charge >= 0.3 is 34.9 Å². The molecule has 0 saturated carbocycles. The first kappa shape index (κ1) is 15.6. The van der Waals surface area contributed by atoms with Crippen LogP contribution in [0.1, 0.15) is 41.0 Å². The fraction of sp³-hybridized carbons (Fsp3) is 0.143. The summed E-state index contributed by atoms with van der Waals surface area (Å²) in [5.41, 5.74) is 5.58. The van der Waals surface area contributed by atoms with Gasteiger partial charge in [0.25, 0.3) is 0 Å². The van der Waals surface area contributed by atoms with Crippen LogP contribution in [0.15, 0.2) is 60.7 Å². The summed E-state index contributed by atoms with van der Waals surface area (Å²) in [5, 5.41) is 0. The Hall–Kier alpha value is -1.33. The van der Waals surface area contributed by atoms with E-state index in [4.69, 9.17) is 0 Å². The van der Waals surface area contributed by atoms with E-state index in [9.17, 15) is 0 Å². The van der Waals surface area contributed by atoms with Gasteiger partial charge in [-0.15, -0.1) is 24.0 Å². The van der Waals surface area contributed by atoms with Crippen LogP contribution in [0.2, 0.25) is 0 Å². The normalized spacial score (nSPS) is 20.0. The molecule has 2 aromatic carbocycles. The van der Waals surface area contributed by atoms with E-state index in [-0.39, 0.29) is 0 Å². The van der Waals surface area contributed by atoms with Crippen LogP contribution in [-0.2, 0) is 24.2 Å². The standard InChI is InChI=1S/C19H15.C2H4.Zr/c1-3-7-18-14(5-1)9-11-16(18)13-17-12-10-15-6-2-4-8-19(15)17;1-2;/h1-13,16-17H;1H,2H3;/q-1;;. The number of hydrogen-bond acceptors (Lipinski definition) is 0. The second-order valence-electron chi connectivity index (χ2n) is 5.51. The molecule has 0 nitrogen and oxygen atoms in total. The summed E-state index contributed by atoms with van der Waals surface area (Å²) in [5.74, 6) is 0.883. The molecular weight excluding hydrogens is 343 g/mol. The van der Waals surface area contributed by atoms with Crippen molar-refractivity contribution in [3.8, 4) is 0 Å². The summed E-state index contributed by atoms with van der Waals surface area (Å²) >= 11 is 1.51. The first-order valence-electron chi connectivity index (χ1n) is 7.68. The molecule has 2 aliphatic carbocycles. The van der Waals surface area contributed by atoms with Gasteiger partial charge in [-0.2, -0.15) is 0 Å². The van der Waals surface area contributed by atoms with Gasteiger partial charge in [-0.3, -0.25) is 0 Å². The van der Waals surface area contributed by atoms with Crippen molar-refractivity contribution in [3.05, 3.63) is 89.4 Å². The zero-order chi connectivity index (χ0) is 15.4. The van der Waals surface area contributed by atoms with Gasteiger partial charge in [-0.05, 0) is 11.1 Å². The molecule has 22 heavy (non-hydrogen) atoms. The predicted octanol–water partition coefficient (Wildman–Crippen LogP) is 5.17. The Bertz CT molecular complexity index is 665. The average Bonchev–Trinajstić information content (AvgIpc) is 3.14. The first-order chi connectivity index (χ1) is 10.8. The van der Waals surface area contributed by atoms with Crippen molar-refractivity contribution in [2.24, 2.45) is 0 Å². The summed E-state index contributed by atoms with van der Waals surface area (Å²) in [6, 6.07) is 17.3. The molecule has 2 unspecified atom stereocenters. The molecule has 0 heterocycles. The number of rotatable bonds is 2. The summed E-state index contributed by atoms with van der Waals surface area (Å²) in [6.45, 7) is 2.04. The predicted molar refractivity (Wildman–Crippen MR) is 92.5 cm³/mol. The summed E-state index contributed by atoms with van der Waals surface area (Å²) in [7, 11) is 0. The molecule has 0 bridgehead atoms. The number of fused-ring (bicyclic) bond motifs is 2. The van der Waals surface area contributed by atoms with Gasteiger partial charge < -0.3 is 6.42 Å². The Morgan fingerprint density at radius 2 is 1.23 bits per heavy atom. The monoisotopic (exact) mass is 361 g/mol. The Morgan fingerprint density at radius 3 is 1.68 bits per heavy atom. The molecule has 0 amide bonds. The summed E-state index contributed by atoms with van der Waals surface area (Å²) in [4.78, 5) is 0.